The normalized spacial score (nSPS) is 18.7. The predicted molar refractivity (Wildman–Crippen MR) is 133 cm³/mol. The molecule has 1 aromatic heterocycles. The molecule has 34 heavy (non-hydrogen) atoms. The number of nitrogens with zero attached hydrogens (tertiary/aromatic N) is 4. The van der Waals surface area contributed by atoms with Gasteiger partial charge < -0.3 is 16.4 Å². The molecule has 9 nitrogen and oxygen atoms in total. The van der Waals surface area contributed by atoms with Gasteiger partial charge in [0.15, 0.2) is 5.13 Å². The van der Waals surface area contributed by atoms with Gasteiger partial charge in [0, 0.05) is 24.5 Å². The van der Waals surface area contributed by atoms with Crippen molar-refractivity contribution >= 4 is 34.2 Å². The second-order valence-electron chi connectivity index (χ2n) is 8.85. The van der Waals surface area contributed by atoms with Crippen molar-refractivity contribution < 1.29 is 9.59 Å². The fourth-order valence-corrected chi connectivity index (χ4v) is 5.51. The van der Waals surface area contributed by atoms with Crippen LogP contribution in [0.4, 0.5) is 5.13 Å². The van der Waals surface area contributed by atoms with E-state index in [1.54, 1.807) is 11.9 Å². The van der Waals surface area contributed by atoms with Gasteiger partial charge in [-0.1, -0.05) is 43.5 Å². The van der Waals surface area contributed by atoms with Crippen LogP contribution in [0.5, 0.6) is 0 Å². The van der Waals surface area contributed by atoms with E-state index in [0.717, 1.165) is 11.3 Å². The first kappa shape index (κ1) is 22.4. The smallest absolute Gasteiger partial charge is 0.280 e. The van der Waals surface area contributed by atoms with Gasteiger partial charge in [-0.05, 0) is 24.3 Å². The number of nitrogens with one attached hydrogen (secondary N) is 2. The molecule has 1 fully saturated rings. The van der Waals surface area contributed by atoms with Crippen LogP contribution in [0.1, 0.15) is 43.6 Å². The molecule has 2 amide bonds. The Morgan fingerprint density at radius 3 is 2.74 bits per heavy atom. The summed E-state index contributed by atoms with van der Waals surface area (Å²) in [6.45, 7) is 1.09. The fraction of sp³-hybridized carbons (Fsp3) is 0.417. The van der Waals surface area contributed by atoms with Gasteiger partial charge in [0.1, 0.15) is 11.5 Å². The van der Waals surface area contributed by atoms with E-state index in [1.807, 2.05) is 5.38 Å². The van der Waals surface area contributed by atoms with E-state index < -0.39 is 0 Å². The molecule has 3 heterocycles. The molecule has 2 aromatic rings. The van der Waals surface area contributed by atoms with Crippen LogP contribution in [0.15, 0.2) is 46.2 Å². The number of amides is 2. The standard InChI is InChI=1S/C24H29N7O2S/c1-30-22(33)20(21(25)31-12-11-26-24(30)31)27-13-19(32)29-23-28-18(14-34-23)17-9-7-16(8-10-17)15-5-3-2-4-6-15/h7-10,14-15,27H,2-6,11-13,25H2,1H3,(H,28,29,32). The number of carbonyl (C=O) groups is 2. The van der Waals surface area contributed by atoms with Crippen LogP contribution < -0.4 is 16.4 Å². The summed E-state index contributed by atoms with van der Waals surface area (Å²) in [6, 6.07) is 8.64. The number of carbonyl (C=O) groups excluding carboxylic acids is 2. The molecule has 0 atom stereocenters. The minimum atomic E-state index is -0.310. The summed E-state index contributed by atoms with van der Waals surface area (Å²) in [5, 5.41) is 8.15. The number of aromatic nitrogens is 1. The van der Waals surface area contributed by atoms with Crippen LogP contribution in [-0.2, 0) is 9.59 Å². The van der Waals surface area contributed by atoms with Crippen molar-refractivity contribution in [3.63, 3.8) is 0 Å². The Morgan fingerprint density at radius 2 is 1.97 bits per heavy atom. The van der Waals surface area contributed by atoms with Crippen molar-refractivity contribution in [3.8, 4) is 11.3 Å². The largest absolute Gasteiger partial charge is 0.383 e. The number of likely N-dealkylation sites (N-methyl/N-ethyl adjacent to an activating group) is 1. The quantitative estimate of drug-likeness (QED) is 0.587. The Labute approximate surface area is 202 Å². The Kier molecular flexibility index (Phi) is 6.23. The van der Waals surface area contributed by atoms with E-state index in [-0.39, 0.29) is 24.1 Å². The summed E-state index contributed by atoms with van der Waals surface area (Å²) < 4.78 is 0. The molecule has 10 heteroatoms. The lowest BCUT2D eigenvalue weighted by Crippen LogP contribution is -2.53. The van der Waals surface area contributed by atoms with Crippen molar-refractivity contribution in [3.05, 3.63) is 46.7 Å². The van der Waals surface area contributed by atoms with E-state index in [1.165, 1.54) is 53.9 Å². The molecule has 3 aliphatic rings. The Bertz CT molecular complexity index is 1150. The average molecular weight is 480 g/mol. The third-order valence-corrected chi connectivity index (χ3v) is 7.40. The van der Waals surface area contributed by atoms with E-state index in [9.17, 15) is 9.59 Å². The van der Waals surface area contributed by atoms with E-state index in [4.69, 9.17) is 5.73 Å². The lowest BCUT2D eigenvalue weighted by Gasteiger charge is -2.33. The number of fused-ring (bicyclic) bond motifs is 1. The third kappa shape index (κ3) is 4.37. The number of aliphatic imine (C=N–C) groups is 1. The van der Waals surface area contributed by atoms with Crippen LogP contribution in [0, 0.1) is 0 Å². The lowest BCUT2D eigenvalue weighted by molar-refractivity contribution is -0.124. The number of nitrogens with two attached hydrogens (primary N) is 1. The van der Waals surface area contributed by atoms with Gasteiger partial charge in [0.25, 0.3) is 5.91 Å². The summed E-state index contributed by atoms with van der Waals surface area (Å²) in [6.07, 6.45) is 6.54. The van der Waals surface area contributed by atoms with Crippen molar-refractivity contribution in [1.82, 2.24) is 20.1 Å². The monoisotopic (exact) mass is 479 g/mol. The molecule has 0 bridgehead atoms. The van der Waals surface area contributed by atoms with Crippen molar-refractivity contribution in [2.45, 2.75) is 38.0 Å². The average Bonchev–Trinajstić information content (AvgIpc) is 3.54. The number of thiazole rings is 1. The van der Waals surface area contributed by atoms with Gasteiger partial charge in [-0.3, -0.25) is 24.4 Å². The first-order valence-corrected chi connectivity index (χ1v) is 12.6. The molecule has 0 unspecified atom stereocenters. The van der Waals surface area contributed by atoms with Crippen LogP contribution in [0.3, 0.4) is 0 Å². The highest BCUT2D eigenvalue weighted by Gasteiger charge is 2.36. The molecule has 178 valence electrons. The maximum absolute atomic E-state index is 12.6. The van der Waals surface area contributed by atoms with Crippen LogP contribution >= 0.6 is 11.3 Å². The zero-order valence-electron chi connectivity index (χ0n) is 19.2. The zero-order valence-corrected chi connectivity index (χ0v) is 20.0. The van der Waals surface area contributed by atoms with E-state index in [2.05, 4.69) is 44.9 Å². The molecule has 0 spiro atoms. The second kappa shape index (κ2) is 9.46. The lowest BCUT2D eigenvalue weighted by atomic mass is 9.84. The highest BCUT2D eigenvalue weighted by atomic mass is 32.1. The van der Waals surface area contributed by atoms with E-state index in [0.29, 0.717) is 35.9 Å². The molecule has 0 radical (unpaired) electrons. The summed E-state index contributed by atoms with van der Waals surface area (Å²) in [7, 11) is 1.65. The third-order valence-electron chi connectivity index (χ3n) is 6.64. The molecule has 0 saturated heterocycles. The van der Waals surface area contributed by atoms with Crippen LogP contribution in [0.2, 0.25) is 0 Å². The van der Waals surface area contributed by atoms with Gasteiger partial charge in [-0.2, -0.15) is 0 Å². The van der Waals surface area contributed by atoms with Crippen molar-refractivity contribution in [1.29, 1.82) is 0 Å². The van der Waals surface area contributed by atoms with Gasteiger partial charge >= 0.3 is 0 Å². The van der Waals surface area contributed by atoms with Crippen molar-refractivity contribution in [2.75, 3.05) is 32.0 Å². The van der Waals surface area contributed by atoms with Gasteiger partial charge in [-0.25, -0.2) is 4.98 Å². The Hall–Kier alpha value is -3.40. The minimum Gasteiger partial charge on any atom is -0.383 e. The molecule has 1 saturated carbocycles. The van der Waals surface area contributed by atoms with Gasteiger partial charge in [0.2, 0.25) is 11.9 Å². The fourth-order valence-electron chi connectivity index (χ4n) is 4.78. The van der Waals surface area contributed by atoms with Gasteiger partial charge in [0.05, 0.1) is 18.8 Å². The Morgan fingerprint density at radius 1 is 1.21 bits per heavy atom. The first-order valence-electron chi connectivity index (χ1n) is 11.7. The van der Waals surface area contributed by atoms with Crippen LogP contribution in [0.25, 0.3) is 11.3 Å². The molecule has 4 N–H and O–H groups in total. The Balaban J connectivity index is 1.19. The number of hydrogen-bond donors (Lipinski definition) is 3. The summed E-state index contributed by atoms with van der Waals surface area (Å²) in [4.78, 5) is 37.2. The maximum atomic E-state index is 12.6. The van der Waals surface area contributed by atoms with Crippen LogP contribution in [-0.4, -0.2) is 59.2 Å². The summed E-state index contributed by atoms with van der Waals surface area (Å²) >= 11 is 1.37. The molecule has 1 aromatic carbocycles. The minimum absolute atomic E-state index is 0.0963. The predicted octanol–water partition coefficient (Wildman–Crippen LogP) is 2.66. The maximum Gasteiger partial charge on any atom is 0.280 e. The molecule has 1 aliphatic carbocycles. The molecular weight excluding hydrogens is 450 g/mol. The number of anilines is 1. The number of guanidine groups is 1. The van der Waals surface area contributed by atoms with Crippen molar-refractivity contribution in [2.24, 2.45) is 10.7 Å². The zero-order chi connectivity index (χ0) is 23.7. The van der Waals surface area contributed by atoms with Gasteiger partial charge in [-0.15, -0.1) is 11.3 Å². The first-order chi connectivity index (χ1) is 16.5. The number of rotatable bonds is 6. The summed E-state index contributed by atoms with van der Waals surface area (Å²) in [5.41, 5.74) is 9.63. The summed E-state index contributed by atoms with van der Waals surface area (Å²) in [5.74, 6) is 0.894. The van der Waals surface area contributed by atoms with E-state index >= 15 is 0 Å². The second-order valence-corrected chi connectivity index (χ2v) is 9.71. The molecular formula is C24H29N7O2S. The topological polar surface area (TPSA) is 116 Å². The number of benzene rings is 1. The molecule has 2 aliphatic heterocycles. The SMILES string of the molecule is CN1C(=O)C(NCC(=O)Nc2nc(-c3ccc(C4CCCCC4)cc3)cs2)=C(N)N2CCN=C12. The highest BCUT2D eigenvalue weighted by Crippen LogP contribution is 2.34. The molecule has 5 rings (SSSR count). The number of hydrogen-bond acceptors (Lipinski definition) is 8. The highest BCUT2D eigenvalue weighted by molar-refractivity contribution is 7.14.